The van der Waals surface area contributed by atoms with Crippen molar-refractivity contribution in [2.75, 3.05) is 5.32 Å². The lowest BCUT2D eigenvalue weighted by Crippen LogP contribution is -2.35. The second-order valence-corrected chi connectivity index (χ2v) is 6.12. The summed E-state index contributed by atoms with van der Waals surface area (Å²) in [6.45, 7) is 7.71. The SMILES string of the molecule is CC(C)C[C@H](C#N)NC(=O)c1cccc(NC(=O)NC(C)C)c1. The van der Waals surface area contributed by atoms with E-state index in [9.17, 15) is 9.59 Å². The summed E-state index contributed by atoms with van der Waals surface area (Å²) >= 11 is 0. The highest BCUT2D eigenvalue weighted by molar-refractivity contribution is 5.97. The number of carbonyl (C=O) groups is 2. The molecule has 1 aromatic rings. The highest BCUT2D eigenvalue weighted by atomic mass is 16.2. The number of benzene rings is 1. The Morgan fingerprint density at radius 2 is 1.87 bits per heavy atom. The van der Waals surface area contributed by atoms with Gasteiger partial charge in [0.15, 0.2) is 0 Å². The third-order valence-corrected chi connectivity index (χ3v) is 2.97. The molecule has 0 radical (unpaired) electrons. The molecule has 0 saturated carbocycles. The number of carbonyl (C=O) groups excluding carboxylic acids is 2. The van der Waals surface area contributed by atoms with Gasteiger partial charge in [-0.3, -0.25) is 4.79 Å². The first kappa shape index (κ1) is 18.5. The molecule has 0 fully saturated rings. The lowest BCUT2D eigenvalue weighted by molar-refractivity contribution is 0.0942. The zero-order valence-electron chi connectivity index (χ0n) is 14.0. The smallest absolute Gasteiger partial charge is 0.319 e. The van der Waals surface area contributed by atoms with Crippen molar-refractivity contribution in [3.8, 4) is 6.07 Å². The van der Waals surface area contributed by atoms with Crippen LogP contribution in [0.3, 0.4) is 0 Å². The molecule has 0 aliphatic carbocycles. The topological polar surface area (TPSA) is 94.0 Å². The Kier molecular flexibility index (Phi) is 7.07. The number of amides is 3. The Balaban J connectivity index is 2.73. The molecule has 0 aliphatic heterocycles. The van der Waals surface area contributed by atoms with E-state index in [1.165, 1.54) is 0 Å². The highest BCUT2D eigenvalue weighted by Crippen LogP contribution is 2.12. The third-order valence-electron chi connectivity index (χ3n) is 2.97. The summed E-state index contributed by atoms with van der Waals surface area (Å²) < 4.78 is 0. The lowest BCUT2D eigenvalue weighted by Gasteiger charge is -2.14. The van der Waals surface area contributed by atoms with Crippen molar-refractivity contribution in [2.24, 2.45) is 5.92 Å². The van der Waals surface area contributed by atoms with Gasteiger partial charge in [-0.2, -0.15) is 5.26 Å². The molecule has 0 unspecified atom stereocenters. The van der Waals surface area contributed by atoms with Crippen molar-refractivity contribution in [1.82, 2.24) is 10.6 Å². The predicted molar refractivity (Wildman–Crippen MR) is 90.1 cm³/mol. The van der Waals surface area contributed by atoms with Crippen LogP contribution in [0.15, 0.2) is 24.3 Å². The fourth-order valence-electron chi connectivity index (χ4n) is 2.02. The molecule has 0 heterocycles. The van der Waals surface area contributed by atoms with E-state index in [0.717, 1.165) is 0 Å². The van der Waals surface area contributed by atoms with Gasteiger partial charge in [-0.15, -0.1) is 0 Å². The molecule has 0 spiro atoms. The zero-order chi connectivity index (χ0) is 17.4. The third kappa shape index (κ3) is 6.83. The molecule has 3 amide bonds. The summed E-state index contributed by atoms with van der Waals surface area (Å²) in [7, 11) is 0. The standard InChI is InChI=1S/C17H24N4O2/c1-11(2)8-15(10-18)20-16(22)13-6-5-7-14(9-13)21-17(23)19-12(3)4/h5-7,9,11-12,15H,8H2,1-4H3,(H,20,22)(H2,19,21,23)/t15-/m1/s1. The van der Waals surface area contributed by atoms with E-state index in [1.54, 1.807) is 24.3 Å². The summed E-state index contributed by atoms with van der Waals surface area (Å²) in [4.78, 5) is 23.9. The van der Waals surface area contributed by atoms with E-state index < -0.39 is 6.04 Å². The van der Waals surface area contributed by atoms with E-state index >= 15 is 0 Å². The summed E-state index contributed by atoms with van der Waals surface area (Å²) in [5.41, 5.74) is 0.921. The Morgan fingerprint density at radius 1 is 1.17 bits per heavy atom. The van der Waals surface area contributed by atoms with Gasteiger partial charge >= 0.3 is 6.03 Å². The van der Waals surface area contributed by atoms with Crippen molar-refractivity contribution in [3.63, 3.8) is 0 Å². The maximum absolute atomic E-state index is 12.2. The van der Waals surface area contributed by atoms with Gasteiger partial charge in [0.25, 0.3) is 5.91 Å². The lowest BCUT2D eigenvalue weighted by atomic mass is 10.0. The van der Waals surface area contributed by atoms with Crippen molar-refractivity contribution in [3.05, 3.63) is 29.8 Å². The van der Waals surface area contributed by atoms with Crippen LogP contribution >= 0.6 is 0 Å². The minimum atomic E-state index is -0.525. The van der Waals surface area contributed by atoms with Crippen LogP contribution in [-0.2, 0) is 0 Å². The van der Waals surface area contributed by atoms with Crippen LogP contribution < -0.4 is 16.0 Å². The van der Waals surface area contributed by atoms with Crippen LogP contribution in [0.5, 0.6) is 0 Å². The first-order chi connectivity index (χ1) is 10.8. The van der Waals surface area contributed by atoms with Crippen LogP contribution in [0.2, 0.25) is 0 Å². The second-order valence-electron chi connectivity index (χ2n) is 6.12. The summed E-state index contributed by atoms with van der Waals surface area (Å²) in [6, 6.07) is 7.87. The Bertz CT molecular complexity index is 591. The van der Waals surface area contributed by atoms with Crippen molar-refractivity contribution < 1.29 is 9.59 Å². The highest BCUT2D eigenvalue weighted by Gasteiger charge is 2.15. The molecule has 124 valence electrons. The molecule has 6 nitrogen and oxygen atoms in total. The first-order valence-electron chi connectivity index (χ1n) is 7.70. The van der Waals surface area contributed by atoms with E-state index in [-0.39, 0.29) is 18.0 Å². The van der Waals surface area contributed by atoms with E-state index in [1.807, 2.05) is 27.7 Å². The monoisotopic (exact) mass is 316 g/mol. The number of anilines is 1. The van der Waals surface area contributed by atoms with Crippen LogP contribution in [0.4, 0.5) is 10.5 Å². The molecule has 1 atom stereocenters. The van der Waals surface area contributed by atoms with Crippen LogP contribution in [0.25, 0.3) is 0 Å². The molecule has 0 aliphatic rings. The zero-order valence-corrected chi connectivity index (χ0v) is 14.0. The van der Waals surface area contributed by atoms with Crippen LogP contribution in [0, 0.1) is 17.2 Å². The number of hydrogen-bond donors (Lipinski definition) is 3. The molecule has 23 heavy (non-hydrogen) atoms. The first-order valence-corrected chi connectivity index (χ1v) is 7.70. The maximum Gasteiger partial charge on any atom is 0.319 e. The Morgan fingerprint density at radius 3 is 2.43 bits per heavy atom. The number of rotatable bonds is 6. The summed E-state index contributed by atoms with van der Waals surface area (Å²) in [6.07, 6.45) is 0.594. The van der Waals surface area contributed by atoms with Crippen molar-refractivity contribution >= 4 is 17.6 Å². The molecule has 0 aromatic heterocycles. The molecular formula is C17H24N4O2. The average molecular weight is 316 g/mol. The number of nitriles is 1. The molecule has 1 aromatic carbocycles. The van der Waals surface area contributed by atoms with Gasteiger partial charge in [0.2, 0.25) is 0 Å². The number of nitrogens with zero attached hydrogens (tertiary/aromatic N) is 1. The number of hydrogen-bond acceptors (Lipinski definition) is 3. The molecule has 0 bridgehead atoms. The maximum atomic E-state index is 12.2. The van der Waals surface area contributed by atoms with Gasteiger partial charge < -0.3 is 16.0 Å². The molecule has 1 rings (SSSR count). The van der Waals surface area contributed by atoms with Gasteiger partial charge in [0.1, 0.15) is 6.04 Å². The van der Waals surface area contributed by atoms with Gasteiger partial charge in [0.05, 0.1) is 6.07 Å². The fraction of sp³-hybridized carbons (Fsp3) is 0.471. The summed E-state index contributed by atoms with van der Waals surface area (Å²) in [5, 5.41) is 17.2. The van der Waals surface area contributed by atoms with E-state index in [2.05, 4.69) is 22.0 Å². The quantitative estimate of drug-likeness (QED) is 0.753. The van der Waals surface area contributed by atoms with Gasteiger partial charge in [-0.1, -0.05) is 19.9 Å². The average Bonchev–Trinajstić information content (AvgIpc) is 2.45. The van der Waals surface area contributed by atoms with Crippen LogP contribution in [-0.4, -0.2) is 24.0 Å². The second kappa shape index (κ2) is 8.79. The molecule has 0 saturated heterocycles. The fourth-order valence-corrected chi connectivity index (χ4v) is 2.02. The van der Waals surface area contributed by atoms with Gasteiger partial charge in [0, 0.05) is 17.3 Å². The van der Waals surface area contributed by atoms with Crippen LogP contribution in [0.1, 0.15) is 44.5 Å². The van der Waals surface area contributed by atoms with Gasteiger partial charge in [-0.25, -0.2) is 4.79 Å². The number of urea groups is 1. The Hall–Kier alpha value is -2.55. The molecular weight excluding hydrogens is 292 g/mol. The van der Waals surface area contributed by atoms with Gasteiger partial charge in [-0.05, 0) is 44.4 Å². The van der Waals surface area contributed by atoms with Crippen molar-refractivity contribution in [2.45, 2.75) is 46.2 Å². The minimum absolute atomic E-state index is 0.0221. The molecule has 3 N–H and O–H groups in total. The largest absolute Gasteiger partial charge is 0.336 e. The predicted octanol–water partition coefficient (Wildman–Crippen LogP) is 2.88. The van der Waals surface area contributed by atoms with E-state index in [0.29, 0.717) is 23.6 Å². The van der Waals surface area contributed by atoms with E-state index in [4.69, 9.17) is 5.26 Å². The Labute approximate surface area is 137 Å². The van der Waals surface area contributed by atoms with Crippen molar-refractivity contribution in [1.29, 1.82) is 5.26 Å². The molecule has 6 heteroatoms. The minimum Gasteiger partial charge on any atom is -0.336 e. The number of nitrogens with one attached hydrogen (secondary N) is 3. The normalized spacial score (nSPS) is 11.7. The summed E-state index contributed by atoms with van der Waals surface area (Å²) in [5.74, 6) is -0.0159.